The largest absolute Gasteiger partial charge is 0.493 e. The highest BCUT2D eigenvalue weighted by Crippen LogP contribution is 2.38. The van der Waals surface area contributed by atoms with Crippen molar-refractivity contribution in [2.45, 2.75) is 24.5 Å². The molecular weight excluding hydrogens is 432 g/mol. The van der Waals surface area contributed by atoms with E-state index in [-0.39, 0.29) is 18.9 Å². The highest BCUT2D eigenvalue weighted by Gasteiger charge is 2.49. The molecule has 1 unspecified atom stereocenters. The van der Waals surface area contributed by atoms with Gasteiger partial charge in [-0.1, -0.05) is 11.6 Å². The summed E-state index contributed by atoms with van der Waals surface area (Å²) in [6, 6.07) is 7.70. The van der Waals surface area contributed by atoms with Gasteiger partial charge in [-0.3, -0.25) is 0 Å². The summed E-state index contributed by atoms with van der Waals surface area (Å²) in [6.07, 6.45) is -1.38. The maximum absolute atomic E-state index is 14.2. The molecule has 162 valence electrons. The maximum atomic E-state index is 14.2. The lowest BCUT2D eigenvalue weighted by Crippen LogP contribution is -2.33. The fraction of sp³-hybridized carbons (Fsp3) is 0.333. The van der Waals surface area contributed by atoms with Crippen molar-refractivity contribution in [2.24, 2.45) is 0 Å². The third-order valence-electron chi connectivity index (χ3n) is 5.33. The second-order valence-corrected chi connectivity index (χ2v) is 7.70. The molecule has 2 saturated heterocycles. The van der Waals surface area contributed by atoms with Gasteiger partial charge in [-0.05, 0) is 24.3 Å². The van der Waals surface area contributed by atoms with Gasteiger partial charge in [-0.2, -0.15) is 0 Å². The van der Waals surface area contributed by atoms with Crippen molar-refractivity contribution >= 4 is 34.0 Å². The zero-order valence-corrected chi connectivity index (χ0v) is 17.1. The number of rotatable bonds is 5. The molecule has 3 heterocycles. The molecule has 0 bridgehead atoms. The SMILES string of the molecule is COc1cc2c(Nc3ccc(Cl)cc3F)ncnc2cc1O[C@@H]1CO[C@@H]2C1OC[C@H]2F. The summed E-state index contributed by atoms with van der Waals surface area (Å²) in [5.74, 6) is 0.710. The van der Waals surface area contributed by atoms with E-state index in [1.165, 1.54) is 25.6 Å². The fourth-order valence-electron chi connectivity index (χ4n) is 3.82. The van der Waals surface area contributed by atoms with Gasteiger partial charge < -0.3 is 24.3 Å². The molecule has 1 aromatic heterocycles. The molecule has 3 aromatic rings. The first-order valence-corrected chi connectivity index (χ1v) is 10.00. The lowest BCUT2D eigenvalue weighted by molar-refractivity contribution is 0.0271. The van der Waals surface area contributed by atoms with Crippen LogP contribution in [0.25, 0.3) is 10.9 Å². The van der Waals surface area contributed by atoms with E-state index in [0.717, 1.165) is 0 Å². The van der Waals surface area contributed by atoms with Gasteiger partial charge in [0, 0.05) is 16.5 Å². The highest BCUT2D eigenvalue weighted by atomic mass is 35.5. The van der Waals surface area contributed by atoms with Crippen LogP contribution in [0.1, 0.15) is 0 Å². The molecule has 2 aliphatic rings. The summed E-state index contributed by atoms with van der Waals surface area (Å²) in [5.41, 5.74) is 0.769. The summed E-state index contributed by atoms with van der Waals surface area (Å²) in [7, 11) is 1.50. The van der Waals surface area contributed by atoms with Gasteiger partial charge >= 0.3 is 0 Å². The number of alkyl halides is 1. The van der Waals surface area contributed by atoms with Crippen LogP contribution in [-0.2, 0) is 9.47 Å². The second-order valence-electron chi connectivity index (χ2n) is 7.26. The van der Waals surface area contributed by atoms with Crippen LogP contribution in [0.4, 0.5) is 20.3 Å². The molecule has 4 atom stereocenters. The molecule has 1 N–H and O–H groups in total. The van der Waals surface area contributed by atoms with Gasteiger partial charge in [0.05, 0.1) is 31.5 Å². The molecule has 0 saturated carbocycles. The monoisotopic (exact) mass is 449 g/mol. The molecule has 5 rings (SSSR count). The van der Waals surface area contributed by atoms with Gasteiger partial charge in [-0.15, -0.1) is 0 Å². The van der Waals surface area contributed by atoms with Crippen LogP contribution < -0.4 is 14.8 Å². The molecule has 0 amide bonds. The average molecular weight is 450 g/mol. The topological polar surface area (TPSA) is 74.7 Å². The first-order valence-electron chi connectivity index (χ1n) is 9.62. The Morgan fingerprint density at radius 1 is 1.10 bits per heavy atom. The lowest BCUT2D eigenvalue weighted by atomic mass is 10.1. The predicted octanol–water partition coefficient (Wildman–Crippen LogP) is 4.06. The normalized spacial score (nSPS) is 24.9. The van der Waals surface area contributed by atoms with E-state index in [4.69, 9.17) is 30.5 Å². The van der Waals surface area contributed by atoms with E-state index in [9.17, 15) is 8.78 Å². The minimum Gasteiger partial charge on any atom is -0.493 e. The molecular formula is C21H18ClF2N3O4. The average Bonchev–Trinajstić information content (AvgIpc) is 3.33. The third-order valence-corrected chi connectivity index (χ3v) is 5.57. The van der Waals surface area contributed by atoms with Gasteiger partial charge in [0.2, 0.25) is 0 Å². The van der Waals surface area contributed by atoms with Gasteiger partial charge in [0.15, 0.2) is 23.8 Å². The minimum absolute atomic E-state index is 0.00639. The quantitative estimate of drug-likeness (QED) is 0.629. The zero-order chi connectivity index (χ0) is 21.5. The number of nitrogens with zero attached hydrogens (tertiary/aromatic N) is 2. The van der Waals surface area contributed by atoms with Crippen LogP contribution in [0.2, 0.25) is 5.02 Å². The van der Waals surface area contributed by atoms with E-state index >= 15 is 0 Å². The Hall–Kier alpha value is -2.75. The smallest absolute Gasteiger partial charge is 0.164 e. The first-order chi connectivity index (χ1) is 15.0. The van der Waals surface area contributed by atoms with Crippen LogP contribution in [0.15, 0.2) is 36.7 Å². The number of hydrogen-bond donors (Lipinski definition) is 1. The molecule has 10 heteroatoms. The van der Waals surface area contributed by atoms with Crippen molar-refractivity contribution in [1.82, 2.24) is 9.97 Å². The zero-order valence-electron chi connectivity index (χ0n) is 16.3. The van der Waals surface area contributed by atoms with Crippen molar-refractivity contribution in [2.75, 3.05) is 25.6 Å². The second kappa shape index (κ2) is 8.07. The van der Waals surface area contributed by atoms with E-state index in [2.05, 4.69) is 15.3 Å². The lowest BCUT2D eigenvalue weighted by Gasteiger charge is -2.20. The Kier molecular flexibility index (Phi) is 5.25. The molecule has 0 spiro atoms. The van der Waals surface area contributed by atoms with E-state index < -0.39 is 30.3 Å². The van der Waals surface area contributed by atoms with Crippen LogP contribution in [-0.4, -0.2) is 54.8 Å². The van der Waals surface area contributed by atoms with Crippen LogP contribution in [0.5, 0.6) is 11.5 Å². The fourth-order valence-corrected chi connectivity index (χ4v) is 3.97. The van der Waals surface area contributed by atoms with Crippen LogP contribution in [0, 0.1) is 5.82 Å². The number of fused-ring (bicyclic) bond motifs is 2. The molecule has 0 aliphatic carbocycles. The Balaban J connectivity index is 1.46. The van der Waals surface area contributed by atoms with Crippen molar-refractivity contribution in [3.05, 3.63) is 47.5 Å². The van der Waals surface area contributed by atoms with Crippen molar-refractivity contribution in [3.63, 3.8) is 0 Å². The van der Waals surface area contributed by atoms with Gasteiger partial charge in [-0.25, -0.2) is 18.7 Å². The van der Waals surface area contributed by atoms with Crippen molar-refractivity contribution in [1.29, 1.82) is 0 Å². The number of anilines is 2. The molecule has 2 aliphatic heterocycles. The Morgan fingerprint density at radius 2 is 1.94 bits per heavy atom. The summed E-state index contributed by atoms with van der Waals surface area (Å²) in [4.78, 5) is 8.51. The van der Waals surface area contributed by atoms with Crippen molar-refractivity contribution in [3.8, 4) is 11.5 Å². The van der Waals surface area contributed by atoms with Crippen LogP contribution >= 0.6 is 11.6 Å². The summed E-state index contributed by atoms with van der Waals surface area (Å²) >= 11 is 5.82. The summed E-state index contributed by atoms with van der Waals surface area (Å²) < 4.78 is 50.6. The number of benzene rings is 2. The maximum Gasteiger partial charge on any atom is 0.164 e. The van der Waals surface area contributed by atoms with Gasteiger partial charge in [0.1, 0.15) is 30.2 Å². The highest BCUT2D eigenvalue weighted by molar-refractivity contribution is 6.30. The van der Waals surface area contributed by atoms with E-state index in [1.807, 2.05) is 0 Å². The molecule has 31 heavy (non-hydrogen) atoms. The minimum atomic E-state index is -1.16. The molecule has 2 aromatic carbocycles. The number of aromatic nitrogens is 2. The van der Waals surface area contributed by atoms with Gasteiger partial charge in [0.25, 0.3) is 0 Å². The molecule has 2 fully saturated rings. The third kappa shape index (κ3) is 3.73. The number of nitrogens with one attached hydrogen (secondary N) is 1. The summed E-state index contributed by atoms with van der Waals surface area (Å²) in [6.45, 7) is 0.205. The van der Waals surface area contributed by atoms with E-state index in [1.54, 1.807) is 18.2 Å². The van der Waals surface area contributed by atoms with E-state index in [0.29, 0.717) is 33.2 Å². The number of halogens is 3. The first kappa shape index (κ1) is 20.2. The molecule has 7 nitrogen and oxygen atoms in total. The number of methoxy groups -OCH3 is 1. The van der Waals surface area contributed by atoms with Crippen molar-refractivity contribution < 1.29 is 27.7 Å². The number of ether oxygens (including phenoxy) is 4. The number of hydrogen-bond acceptors (Lipinski definition) is 7. The Labute approximate surface area is 181 Å². The molecule has 0 radical (unpaired) electrons. The standard InChI is InChI=1S/C21H18ClF2N3O4/c1-28-16-5-11-15(6-17(16)31-18-8-30-19-13(24)7-29-20(18)19)25-9-26-21(11)27-14-3-2-10(22)4-12(14)23/h2-6,9,13,18-20H,7-8H2,1H3,(H,25,26,27)/t13-,18-,19+,20?/m1/s1. The predicted molar refractivity (Wildman–Crippen MR) is 110 cm³/mol. The summed E-state index contributed by atoms with van der Waals surface area (Å²) in [5, 5.41) is 3.85. The van der Waals surface area contributed by atoms with Crippen LogP contribution in [0.3, 0.4) is 0 Å². The Morgan fingerprint density at radius 3 is 2.74 bits per heavy atom. The Bertz CT molecular complexity index is 1140.